The standard InChI is InChI=1S/C15H27NO2/c1-11(14(2,3)4)12-5-9-16(10-6-12)13(17)15(18)7-8-15/h11-12,18H,5-10H2,1-4H3/t11-/m1/s1. The maximum absolute atomic E-state index is 12.0. The molecule has 0 radical (unpaired) electrons. The fourth-order valence-electron chi connectivity index (χ4n) is 2.94. The first kappa shape index (κ1) is 13.9. The van der Waals surface area contributed by atoms with Gasteiger partial charge in [-0.1, -0.05) is 27.7 Å². The highest BCUT2D eigenvalue weighted by molar-refractivity contribution is 5.87. The van der Waals surface area contributed by atoms with Crippen LogP contribution in [-0.4, -0.2) is 34.6 Å². The molecule has 0 aromatic carbocycles. The molecule has 2 aliphatic rings. The Kier molecular flexibility index (Phi) is 3.48. The molecule has 0 aromatic rings. The highest BCUT2D eigenvalue weighted by atomic mass is 16.3. The molecule has 1 atom stereocenters. The lowest BCUT2D eigenvalue weighted by atomic mass is 9.71. The third-order valence-electron chi connectivity index (χ3n) is 5.02. The van der Waals surface area contributed by atoms with Crippen molar-refractivity contribution >= 4 is 5.91 Å². The summed E-state index contributed by atoms with van der Waals surface area (Å²) < 4.78 is 0. The molecule has 1 aliphatic heterocycles. The number of carbonyl (C=O) groups excluding carboxylic acids is 1. The smallest absolute Gasteiger partial charge is 0.254 e. The van der Waals surface area contributed by atoms with Gasteiger partial charge >= 0.3 is 0 Å². The van der Waals surface area contributed by atoms with Crippen LogP contribution in [0.25, 0.3) is 0 Å². The van der Waals surface area contributed by atoms with Gasteiger partial charge in [0.25, 0.3) is 5.91 Å². The van der Waals surface area contributed by atoms with E-state index in [4.69, 9.17) is 0 Å². The van der Waals surface area contributed by atoms with Gasteiger partial charge in [0.1, 0.15) is 5.60 Å². The second-order valence-corrected chi connectivity index (χ2v) is 7.32. The molecule has 0 spiro atoms. The SMILES string of the molecule is C[C@H](C1CCN(C(=O)C2(O)CC2)CC1)C(C)(C)C. The molecule has 2 fully saturated rings. The molecular weight excluding hydrogens is 226 g/mol. The average molecular weight is 253 g/mol. The zero-order valence-electron chi connectivity index (χ0n) is 12.2. The number of amides is 1. The molecule has 1 heterocycles. The Balaban J connectivity index is 1.86. The van der Waals surface area contributed by atoms with Crippen LogP contribution in [0.3, 0.4) is 0 Å². The second kappa shape index (κ2) is 4.52. The van der Waals surface area contributed by atoms with Crippen LogP contribution < -0.4 is 0 Å². The van der Waals surface area contributed by atoms with Crippen LogP contribution in [0.4, 0.5) is 0 Å². The number of hydrogen-bond donors (Lipinski definition) is 1. The zero-order valence-corrected chi connectivity index (χ0v) is 12.2. The number of nitrogens with zero attached hydrogens (tertiary/aromatic N) is 1. The highest BCUT2D eigenvalue weighted by Crippen LogP contribution is 2.40. The fraction of sp³-hybridized carbons (Fsp3) is 0.933. The molecule has 3 nitrogen and oxygen atoms in total. The quantitative estimate of drug-likeness (QED) is 0.821. The normalized spacial score (nSPS) is 25.9. The first-order valence-electron chi connectivity index (χ1n) is 7.26. The lowest BCUT2D eigenvalue weighted by Crippen LogP contribution is -2.46. The van der Waals surface area contributed by atoms with Gasteiger partial charge in [-0.15, -0.1) is 0 Å². The zero-order chi connectivity index (χ0) is 13.6. The molecule has 1 saturated heterocycles. The van der Waals surface area contributed by atoms with Crippen LogP contribution in [-0.2, 0) is 4.79 Å². The summed E-state index contributed by atoms with van der Waals surface area (Å²) in [5, 5.41) is 9.86. The van der Waals surface area contributed by atoms with Crippen LogP contribution in [0.2, 0.25) is 0 Å². The maximum atomic E-state index is 12.0. The van der Waals surface area contributed by atoms with E-state index in [0.29, 0.717) is 30.1 Å². The predicted octanol–water partition coefficient (Wildman–Crippen LogP) is 2.43. The Bertz CT molecular complexity index is 320. The van der Waals surface area contributed by atoms with Gasteiger partial charge in [-0.05, 0) is 42.9 Å². The Hall–Kier alpha value is -0.570. The summed E-state index contributed by atoms with van der Waals surface area (Å²) in [7, 11) is 0. The van der Waals surface area contributed by atoms with Gasteiger partial charge in [0.2, 0.25) is 0 Å². The van der Waals surface area contributed by atoms with Crippen molar-refractivity contribution in [1.29, 1.82) is 0 Å². The van der Waals surface area contributed by atoms with E-state index in [1.807, 2.05) is 4.90 Å². The fourth-order valence-corrected chi connectivity index (χ4v) is 2.94. The van der Waals surface area contributed by atoms with Crippen molar-refractivity contribution in [2.45, 2.75) is 59.0 Å². The van der Waals surface area contributed by atoms with Crippen molar-refractivity contribution < 1.29 is 9.90 Å². The Morgan fingerprint density at radius 2 is 1.78 bits per heavy atom. The largest absolute Gasteiger partial charge is 0.380 e. The molecule has 1 aliphatic carbocycles. The van der Waals surface area contributed by atoms with E-state index >= 15 is 0 Å². The summed E-state index contributed by atoms with van der Waals surface area (Å²) in [5.41, 5.74) is -0.645. The van der Waals surface area contributed by atoms with Crippen molar-refractivity contribution in [3.05, 3.63) is 0 Å². The van der Waals surface area contributed by atoms with Gasteiger partial charge in [0.15, 0.2) is 0 Å². The van der Waals surface area contributed by atoms with Crippen molar-refractivity contribution in [3.8, 4) is 0 Å². The Morgan fingerprint density at radius 3 is 2.17 bits per heavy atom. The molecular formula is C15H27NO2. The van der Waals surface area contributed by atoms with Crippen molar-refractivity contribution in [3.63, 3.8) is 0 Å². The van der Waals surface area contributed by atoms with E-state index < -0.39 is 5.60 Å². The second-order valence-electron chi connectivity index (χ2n) is 7.32. The molecule has 18 heavy (non-hydrogen) atoms. The first-order chi connectivity index (χ1) is 8.24. The van der Waals surface area contributed by atoms with E-state index in [0.717, 1.165) is 25.9 Å². The van der Waals surface area contributed by atoms with Crippen molar-refractivity contribution in [2.24, 2.45) is 17.3 Å². The number of likely N-dealkylation sites (tertiary alicyclic amines) is 1. The molecule has 104 valence electrons. The monoisotopic (exact) mass is 253 g/mol. The van der Waals surface area contributed by atoms with E-state index in [1.54, 1.807) is 0 Å². The minimum absolute atomic E-state index is 0.0237. The van der Waals surface area contributed by atoms with E-state index in [9.17, 15) is 9.90 Å². The minimum atomic E-state index is -0.984. The Labute approximate surface area is 111 Å². The Morgan fingerprint density at radius 1 is 1.28 bits per heavy atom. The number of carbonyl (C=O) groups is 1. The lowest BCUT2D eigenvalue weighted by molar-refractivity contribution is -0.144. The van der Waals surface area contributed by atoms with Gasteiger partial charge in [-0.25, -0.2) is 0 Å². The molecule has 1 amide bonds. The van der Waals surface area contributed by atoms with Crippen molar-refractivity contribution in [1.82, 2.24) is 4.90 Å². The van der Waals surface area contributed by atoms with E-state index in [1.165, 1.54) is 0 Å². The van der Waals surface area contributed by atoms with Crippen LogP contribution in [0.15, 0.2) is 0 Å². The highest BCUT2D eigenvalue weighted by Gasteiger charge is 2.50. The molecule has 1 N–H and O–H groups in total. The molecule has 0 aromatic heterocycles. The summed E-state index contributed by atoms with van der Waals surface area (Å²) in [6.45, 7) is 10.9. The van der Waals surface area contributed by atoms with Crippen molar-refractivity contribution in [2.75, 3.05) is 13.1 Å². The van der Waals surface area contributed by atoms with Crippen LogP contribution >= 0.6 is 0 Å². The third-order valence-corrected chi connectivity index (χ3v) is 5.02. The molecule has 2 rings (SSSR count). The van der Waals surface area contributed by atoms with Gasteiger partial charge < -0.3 is 10.0 Å². The summed E-state index contributed by atoms with van der Waals surface area (Å²) in [5.74, 6) is 1.37. The van der Waals surface area contributed by atoms with Crippen LogP contribution in [0.1, 0.15) is 53.4 Å². The number of aliphatic hydroxyl groups is 1. The lowest BCUT2D eigenvalue weighted by Gasteiger charge is -2.40. The average Bonchev–Trinajstić information content (AvgIpc) is 3.06. The summed E-state index contributed by atoms with van der Waals surface area (Å²) in [4.78, 5) is 13.9. The number of rotatable bonds is 2. The molecule has 0 unspecified atom stereocenters. The van der Waals surface area contributed by atoms with Crippen LogP contribution in [0, 0.1) is 17.3 Å². The van der Waals surface area contributed by atoms with E-state index in [-0.39, 0.29) is 5.91 Å². The maximum Gasteiger partial charge on any atom is 0.254 e. The first-order valence-corrected chi connectivity index (χ1v) is 7.26. The summed E-state index contributed by atoms with van der Waals surface area (Å²) in [6.07, 6.45) is 3.48. The van der Waals surface area contributed by atoms with Gasteiger partial charge in [0.05, 0.1) is 0 Å². The number of piperidine rings is 1. The number of hydrogen-bond acceptors (Lipinski definition) is 2. The summed E-state index contributed by atoms with van der Waals surface area (Å²) in [6, 6.07) is 0. The molecule has 1 saturated carbocycles. The minimum Gasteiger partial charge on any atom is -0.380 e. The predicted molar refractivity (Wildman–Crippen MR) is 72.1 cm³/mol. The molecule has 0 bridgehead atoms. The van der Waals surface area contributed by atoms with E-state index in [2.05, 4.69) is 27.7 Å². The summed E-state index contributed by atoms with van der Waals surface area (Å²) >= 11 is 0. The van der Waals surface area contributed by atoms with Gasteiger partial charge in [-0.3, -0.25) is 4.79 Å². The van der Waals surface area contributed by atoms with Gasteiger partial charge in [-0.2, -0.15) is 0 Å². The topological polar surface area (TPSA) is 40.5 Å². The third kappa shape index (κ3) is 2.71. The van der Waals surface area contributed by atoms with Gasteiger partial charge in [0, 0.05) is 13.1 Å². The van der Waals surface area contributed by atoms with Crippen LogP contribution in [0.5, 0.6) is 0 Å². The molecule has 3 heteroatoms.